The second kappa shape index (κ2) is 6.20. The van der Waals surface area contributed by atoms with E-state index >= 15 is 0 Å². The summed E-state index contributed by atoms with van der Waals surface area (Å²) < 4.78 is 1.03. The van der Waals surface area contributed by atoms with Gasteiger partial charge in [0.25, 0.3) is 0 Å². The molecule has 0 spiro atoms. The summed E-state index contributed by atoms with van der Waals surface area (Å²) in [6.45, 7) is 0.836. The first-order valence-corrected chi connectivity index (χ1v) is 8.10. The molecule has 4 heteroatoms. The van der Waals surface area contributed by atoms with E-state index in [0.717, 1.165) is 33.6 Å². The van der Waals surface area contributed by atoms with Crippen LogP contribution in [0.5, 0.6) is 0 Å². The number of carbonyl (C=O) groups is 1. The molecule has 3 rings (SSSR count). The Labute approximate surface area is 137 Å². The number of hydrogen-bond acceptors (Lipinski definition) is 1. The number of halogens is 2. The van der Waals surface area contributed by atoms with Crippen molar-refractivity contribution in [1.29, 1.82) is 0 Å². The monoisotopic (exact) mass is 363 g/mol. The van der Waals surface area contributed by atoms with Crippen molar-refractivity contribution in [3.63, 3.8) is 0 Å². The smallest absolute Gasteiger partial charge is 0.227 e. The molecular weight excluding hydrogens is 350 g/mol. The molecule has 0 bridgehead atoms. The van der Waals surface area contributed by atoms with Crippen LogP contribution in [0.1, 0.15) is 23.6 Å². The van der Waals surface area contributed by atoms with Crippen LogP contribution in [0.15, 0.2) is 53.0 Å². The van der Waals surface area contributed by atoms with E-state index in [1.165, 1.54) is 0 Å². The summed E-state index contributed by atoms with van der Waals surface area (Å²) >= 11 is 9.32. The van der Waals surface area contributed by atoms with Gasteiger partial charge in [0, 0.05) is 16.0 Å². The third-order valence-corrected chi connectivity index (χ3v) is 4.64. The van der Waals surface area contributed by atoms with E-state index in [4.69, 9.17) is 11.6 Å². The summed E-state index contributed by atoms with van der Waals surface area (Å²) in [5.74, 6) is 0.184. The standard InChI is InChI=1S/C17H15BrClNO/c18-14-5-1-12(2-6-14)11-17(21)20-10-9-16(20)13-3-7-15(19)8-4-13/h1-8,16H,9-11H2. The summed E-state index contributed by atoms with van der Waals surface area (Å²) in [4.78, 5) is 14.4. The number of nitrogens with zero attached hydrogens (tertiary/aromatic N) is 1. The Hall–Kier alpha value is -1.32. The first-order chi connectivity index (χ1) is 10.1. The van der Waals surface area contributed by atoms with Crippen LogP contribution in [-0.4, -0.2) is 17.4 Å². The van der Waals surface area contributed by atoms with Crippen molar-refractivity contribution in [1.82, 2.24) is 4.90 Å². The van der Waals surface area contributed by atoms with Crippen LogP contribution in [0.3, 0.4) is 0 Å². The number of amides is 1. The van der Waals surface area contributed by atoms with Crippen molar-refractivity contribution in [2.24, 2.45) is 0 Å². The first-order valence-electron chi connectivity index (χ1n) is 6.93. The summed E-state index contributed by atoms with van der Waals surface area (Å²) in [7, 11) is 0. The van der Waals surface area contributed by atoms with E-state index < -0.39 is 0 Å². The minimum atomic E-state index is 0.184. The second-order valence-corrected chi connectivity index (χ2v) is 6.60. The van der Waals surface area contributed by atoms with Gasteiger partial charge >= 0.3 is 0 Å². The Bertz CT molecular complexity index is 639. The van der Waals surface area contributed by atoms with E-state index in [1.807, 2.05) is 53.4 Å². The molecule has 1 unspecified atom stereocenters. The molecule has 0 aromatic heterocycles. The van der Waals surface area contributed by atoms with Gasteiger partial charge in [0.15, 0.2) is 0 Å². The fourth-order valence-electron chi connectivity index (χ4n) is 2.60. The third-order valence-electron chi connectivity index (χ3n) is 3.86. The molecule has 1 saturated heterocycles. The van der Waals surface area contributed by atoms with E-state index in [1.54, 1.807) is 0 Å². The van der Waals surface area contributed by atoms with Gasteiger partial charge in [-0.15, -0.1) is 0 Å². The van der Waals surface area contributed by atoms with Gasteiger partial charge in [-0.2, -0.15) is 0 Å². The Morgan fingerprint density at radius 3 is 2.38 bits per heavy atom. The minimum Gasteiger partial charge on any atom is -0.335 e. The van der Waals surface area contributed by atoms with Gasteiger partial charge in [0.2, 0.25) is 5.91 Å². The molecule has 1 fully saturated rings. The Morgan fingerprint density at radius 1 is 1.14 bits per heavy atom. The topological polar surface area (TPSA) is 20.3 Å². The average molecular weight is 365 g/mol. The van der Waals surface area contributed by atoms with Crippen LogP contribution < -0.4 is 0 Å². The highest BCUT2D eigenvalue weighted by molar-refractivity contribution is 9.10. The highest BCUT2D eigenvalue weighted by atomic mass is 79.9. The molecule has 1 aliphatic rings. The zero-order valence-electron chi connectivity index (χ0n) is 11.4. The van der Waals surface area contributed by atoms with Gasteiger partial charge in [0.05, 0.1) is 12.5 Å². The molecule has 0 saturated carbocycles. The predicted molar refractivity (Wildman–Crippen MR) is 88.4 cm³/mol. The lowest BCUT2D eigenvalue weighted by molar-refractivity contribution is -0.138. The number of carbonyl (C=O) groups excluding carboxylic acids is 1. The lowest BCUT2D eigenvalue weighted by Crippen LogP contribution is -2.45. The molecular formula is C17H15BrClNO. The maximum Gasteiger partial charge on any atom is 0.227 e. The number of benzene rings is 2. The molecule has 108 valence electrons. The van der Waals surface area contributed by atoms with Gasteiger partial charge in [-0.25, -0.2) is 0 Å². The number of hydrogen-bond donors (Lipinski definition) is 0. The molecule has 1 aliphatic heterocycles. The maximum atomic E-state index is 12.4. The SMILES string of the molecule is O=C(Cc1ccc(Br)cc1)N1CCC1c1ccc(Cl)cc1. The van der Waals surface area contributed by atoms with Crippen molar-refractivity contribution in [3.8, 4) is 0 Å². The highest BCUT2D eigenvalue weighted by Gasteiger charge is 2.32. The van der Waals surface area contributed by atoms with Crippen molar-refractivity contribution < 1.29 is 4.79 Å². The van der Waals surface area contributed by atoms with Crippen molar-refractivity contribution in [2.75, 3.05) is 6.54 Å². The molecule has 1 amide bonds. The predicted octanol–water partition coefficient (Wildman–Crippen LogP) is 4.62. The number of likely N-dealkylation sites (tertiary alicyclic amines) is 1. The molecule has 0 radical (unpaired) electrons. The van der Waals surface area contributed by atoms with Gasteiger partial charge in [-0.1, -0.05) is 51.8 Å². The molecule has 0 aliphatic carbocycles. The zero-order valence-corrected chi connectivity index (χ0v) is 13.8. The fraction of sp³-hybridized carbons (Fsp3) is 0.235. The maximum absolute atomic E-state index is 12.4. The van der Waals surface area contributed by atoms with Gasteiger partial charge in [0.1, 0.15) is 0 Å². The molecule has 2 aromatic carbocycles. The van der Waals surface area contributed by atoms with Gasteiger partial charge in [-0.3, -0.25) is 4.79 Å². The highest BCUT2D eigenvalue weighted by Crippen LogP contribution is 2.34. The van der Waals surface area contributed by atoms with Crippen LogP contribution >= 0.6 is 27.5 Å². The molecule has 2 aromatic rings. The van der Waals surface area contributed by atoms with E-state index in [-0.39, 0.29) is 11.9 Å². The quantitative estimate of drug-likeness (QED) is 0.778. The van der Waals surface area contributed by atoms with Crippen molar-refractivity contribution >= 4 is 33.4 Å². The number of rotatable bonds is 3. The summed E-state index contributed by atoms with van der Waals surface area (Å²) in [5.41, 5.74) is 2.21. The second-order valence-electron chi connectivity index (χ2n) is 5.25. The van der Waals surface area contributed by atoms with Gasteiger partial charge in [-0.05, 0) is 41.8 Å². The Morgan fingerprint density at radius 2 is 1.81 bits per heavy atom. The van der Waals surface area contributed by atoms with E-state index in [9.17, 15) is 4.79 Å². The van der Waals surface area contributed by atoms with Crippen molar-refractivity contribution in [2.45, 2.75) is 18.9 Å². The lowest BCUT2D eigenvalue weighted by Gasteiger charge is -2.41. The van der Waals surface area contributed by atoms with Crippen LogP contribution in [0.25, 0.3) is 0 Å². The third kappa shape index (κ3) is 3.30. The lowest BCUT2D eigenvalue weighted by atomic mass is 9.94. The van der Waals surface area contributed by atoms with Gasteiger partial charge < -0.3 is 4.90 Å². The van der Waals surface area contributed by atoms with Crippen LogP contribution in [0.4, 0.5) is 0 Å². The molecule has 0 N–H and O–H groups in total. The largest absolute Gasteiger partial charge is 0.335 e. The molecule has 2 nitrogen and oxygen atoms in total. The van der Waals surface area contributed by atoms with E-state index in [0.29, 0.717) is 6.42 Å². The average Bonchev–Trinajstić information content (AvgIpc) is 2.42. The molecule has 21 heavy (non-hydrogen) atoms. The molecule has 1 atom stereocenters. The normalized spacial score (nSPS) is 17.4. The summed E-state index contributed by atoms with van der Waals surface area (Å²) in [5, 5.41) is 0.728. The first kappa shape index (κ1) is 14.6. The summed E-state index contributed by atoms with van der Waals surface area (Å²) in [6.07, 6.45) is 1.48. The zero-order chi connectivity index (χ0) is 14.8. The summed E-state index contributed by atoms with van der Waals surface area (Å²) in [6, 6.07) is 15.9. The Kier molecular flexibility index (Phi) is 4.32. The van der Waals surface area contributed by atoms with Crippen LogP contribution in [-0.2, 0) is 11.2 Å². The van der Waals surface area contributed by atoms with Crippen molar-refractivity contribution in [3.05, 3.63) is 69.2 Å². The van der Waals surface area contributed by atoms with E-state index in [2.05, 4.69) is 15.9 Å². The molecule has 1 heterocycles. The van der Waals surface area contributed by atoms with Crippen LogP contribution in [0.2, 0.25) is 5.02 Å². The minimum absolute atomic E-state index is 0.184. The van der Waals surface area contributed by atoms with Crippen LogP contribution in [0, 0.1) is 0 Å². The fourth-order valence-corrected chi connectivity index (χ4v) is 2.99. The Balaban J connectivity index is 1.67.